The molecule has 6 rings (SSSR count). The molecule has 4 fully saturated rings. The highest BCUT2D eigenvalue weighted by molar-refractivity contribution is 5.16. The Morgan fingerprint density at radius 1 is 0.521 bits per heavy atom. The quantitative estimate of drug-likeness (QED) is 0.269. The second kappa shape index (κ2) is 16.9. The Balaban J connectivity index is 0.000000188. The average molecular weight is 661 g/mol. The molecule has 4 saturated heterocycles. The Morgan fingerprint density at radius 2 is 0.875 bits per heavy atom. The SMILES string of the molecule is CC[C@@]1(N2CCN(CCc3ccccc3)CC2)CCOC(C)(C)C1.CC[C@]1(N2CCN(CCc3ccccc3)CC2)CCOC(C)(C)C1. The van der Waals surface area contributed by atoms with Gasteiger partial charge >= 0.3 is 0 Å². The summed E-state index contributed by atoms with van der Waals surface area (Å²) in [5.41, 5.74) is 3.67. The van der Waals surface area contributed by atoms with Crippen molar-refractivity contribution in [1.29, 1.82) is 0 Å². The molecular weight excluding hydrogens is 592 g/mol. The molecule has 2 atom stereocenters. The Labute approximate surface area is 294 Å². The summed E-state index contributed by atoms with van der Waals surface area (Å²) in [6, 6.07) is 21.7. The number of benzene rings is 2. The Morgan fingerprint density at radius 3 is 1.19 bits per heavy atom. The fraction of sp³-hybridized carbons (Fsp3) is 0.714. The summed E-state index contributed by atoms with van der Waals surface area (Å²) in [4.78, 5) is 10.8. The van der Waals surface area contributed by atoms with Gasteiger partial charge in [-0.3, -0.25) is 9.80 Å². The van der Waals surface area contributed by atoms with Gasteiger partial charge in [-0.2, -0.15) is 0 Å². The highest BCUT2D eigenvalue weighted by Gasteiger charge is 2.45. The van der Waals surface area contributed by atoms with Gasteiger partial charge < -0.3 is 19.3 Å². The lowest BCUT2D eigenvalue weighted by atomic mass is 9.77. The molecule has 0 amide bonds. The first-order valence-corrected chi connectivity index (χ1v) is 19.4. The summed E-state index contributed by atoms with van der Waals surface area (Å²) in [5.74, 6) is 0. The fourth-order valence-corrected chi connectivity index (χ4v) is 9.24. The number of rotatable bonds is 10. The van der Waals surface area contributed by atoms with Crippen LogP contribution < -0.4 is 0 Å². The van der Waals surface area contributed by atoms with Gasteiger partial charge in [-0.25, -0.2) is 0 Å². The molecule has 0 saturated carbocycles. The van der Waals surface area contributed by atoms with E-state index in [9.17, 15) is 0 Å². The molecule has 268 valence electrons. The zero-order chi connectivity index (χ0) is 34.1. The zero-order valence-electron chi connectivity index (χ0n) is 31.5. The minimum absolute atomic E-state index is 0.0265. The molecular formula is C42H68N4O2. The van der Waals surface area contributed by atoms with Crippen LogP contribution in [-0.2, 0) is 22.3 Å². The molecule has 6 heteroatoms. The summed E-state index contributed by atoms with van der Waals surface area (Å²) in [6.07, 6.45) is 9.53. The van der Waals surface area contributed by atoms with Crippen LogP contribution in [0.1, 0.15) is 91.2 Å². The second-order valence-electron chi connectivity index (χ2n) is 16.4. The lowest BCUT2D eigenvalue weighted by Gasteiger charge is -2.53. The maximum absolute atomic E-state index is 5.98. The van der Waals surface area contributed by atoms with Crippen LogP contribution in [0.15, 0.2) is 60.7 Å². The van der Waals surface area contributed by atoms with E-state index in [1.54, 1.807) is 0 Å². The predicted molar refractivity (Wildman–Crippen MR) is 201 cm³/mol. The van der Waals surface area contributed by atoms with Gasteiger partial charge in [0.05, 0.1) is 11.2 Å². The number of ether oxygens (including phenoxy) is 2. The fourth-order valence-electron chi connectivity index (χ4n) is 9.24. The van der Waals surface area contributed by atoms with Crippen LogP contribution in [0.2, 0.25) is 0 Å². The van der Waals surface area contributed by atoms with Gasteiger partial charge in [0.15, 0.2) is 0 Å². The Bertz CT molecular complexity index is 1110. The molecule has 4 heterocycles. The van der Waals surface area contributed by atoms with Crippen molar-refractivity contribution in [2.75, 3.05) is 78.7 Å². The van der Waals surface area contributed by atoms with Crippen molar-refractivity contribution in [3.8, 4) is 0 Å². The van der Waals surface area contributed by atoms with Crippen LogP contribution >= 0.6 is 0 Å². The van der Waals surface area contributed by atoms with Crippen molar-refractivity contribution >= 4 is 0 Å². The highest BCUT2D eigenvalue weighted by atomic mass is 16.5. The maximum atomic E-state index is 5.98. The molecule has 0 aliphatic carbocycles. The van der Waals surface area contributed by atoms with Crippen LogP contribution in [0, 0.1) is 0 Å². The number of piperazine rings is 2. The van der Waals surface area contributed by atoms with Gasteiger partial charge in [0.1, 0.15) is 0 Å². The molecule has 2 aromatic rings. The van der Waals surface area contributed by atoms with Gasteiger partial charge in [-0.1, -0.05) is 74.5 Å². The van der Waals surface area contributed by atoms with Crippen LogP contribution in [0.3, 0.4) is 0 Å². The van der Waals surface area contributed by atoms with Crippen molar-refractivity contribution in [2.24, 2.45) is 0 Å². The van der Waals surface area contributed by atoms with Crippen LogP contribution in [0.4, 0.5) is 0 Å². The van der Waals surface area contributed by atoms with E-state index >= 15 is 0 Å². The first kappa shape index (κ1) is 37.5. The monoisotopic (exact) mass is 661 g/mol. The molecule has 6 nitrogen and oxygen atoms in total. The summed E-state index contributed by atoms with van der Waals surface area (Å²) in [7, 11) is 0. The minimum atomic E-state index is 0.0265. The smallest absolute Gasteiger partial charge is 0.0644 e. The van der Waals surface area contributed by atoms with Crippen LogP contribution in [0.5, 0.6) is 0 Å². The first-order chi connectivity index (χ1) is 23.1. The standard InChI is InChI=1S/2C21H34N2O/c2*1-4-21(11-17-24-20(2,3)18-21)23-15-13-22(14-16-23)12-10-19-8-6-5-7-9-19/h2*5-9H,4,10-18H2,1-3H3/t2*21-/m10/s1. The van der Waals surface area contributed by atoms with E-state index < -0.39 is 0 Å². The lowest BCUT2D eigenvalue weighted by Crippen LogP contribution is -2.61. The zero-order valence-corrected chi connectivity index (χ0v) is 31.5. The molecule has 0 N–H and O–H groups in total. The summed E-state index contributed by atoms with van der Waals surface area (Å²) >= 11 is 0. The van der Waals surface area contributed by atoms with Crippen molar-refractivity contribution in [2.45, 2.75) is 115 Å². The van der Waals surface area contributed by atoms with Crippen LogP contribution in [0.25, 0.3) is 0 Å². The normalized spacial score (nSPS) is 28.8. The first-order valence-electron chi connectivity index (χ1n) is 19.4. The molecule has 0 unspecified atom stereocenters. The highest BCUT2D eigenvalue weighted by Crippen LogP contribution is 2.40. The van der Waals surface area contributed by atoms with Gasteiger partial charge in [-0.05, 0) is 90.2 Å². The third-order valence-corrected chi connectivity index (χ3v) is 12.2. The van der Waals surface area contributed by atoms with E-state index in [1.165, 1.54) is 128 Å². The van der Waals surface area contributed by atoms with Crippen molar-refractivity contribution < 1.29 is 9.47 Å². The van der Waals surface area contributed by atoms with E-state index in [-0.39, 0.29) is 11.2 Å². The topological polar surface area (TPSA) is 31.4 Å². The molecule has 0 radical (unpaired) electrons. The van der Waals surface area contributed by atoms with Gasteiger partial charge in [0, 0.05) is 89.7 Å². The Kier molecular flexibility index (Phi) is 13.2. The number of hydrogen-bond donors (Lipinski definition) is 0. The van der Waals surface area contributed by atoms with E-state index in [4.69, 9.17) is 9.47 Å². The molecule has 4 aliphatic rings. The molecule has 0 aromatic heterocycles. The van der Waals surface area contributed by atoms with Crippen molar-refractivity contribution in [3.63, 3.8) is 0 Å². The lowest BCUT2D eigenvalue weighted by molar-refractivity contribution is -0.128. The average Bonchev–Trinajstić information content (AvgIpc) is 3.10. The third kappa shape index (κ3) is 10.1. The summed E-state index contributed by atoms with van der Waals surface area (Å²) in [6.45, 7) is 27.6. The summed E-state index contributed by atoms with van der Waals surface area (Å²) < 4.78 is 12.0. The van der Waals surface area contributed by atoms with E-state index in [0.717, 1.165) is 13.2 Å². The largest absolute Gasteiger partial charge is 0.375 e. The maximum Gasteiger partial charge on any atom is 0.0644 e. The molecule has 4 aliphatic heterocycles. The predicted octanol–water partition coefficient (Wildman–Crippen LogP) is 7.17. The third-order valence-electron chi connectivity index (χ3n) is 12.2. The molecule has 2 aromatic carbocycles. The number of hydrogen-bond acceptors (Lipinski definition) is 6. The Hall–Kier alpha value is -1.80. The minimum Gasteiger partial charge on any atom is -0.375 e. The van der Waals surface area contributed by atoms with Gasteiger partial charge in [0.25, 0.3) is 0 Å². The second-order valence-corrected chi connectivity index (χ2v) is 16.4. The van der Waals surface area contributed by atoms with Crippen molar-refractivity contribution in [3.05, 3.63) is 71.8 Å². The van der Waals surface area contributed by atoms with Gasteiger partial charge in [-0.15, -0.1) is 0 Å². The van der Waals surface area contributed by atoms with Gasteiger partial charge in [0.2, 0.25) is 0 Å². The van der Waals surface area contributed by atoms with Crippen molar-refractivity contribution in [1.82, 2.24) is 19.6 Å². The van der Waals surface area contributed by atoms with E-state index in [2.05, 4.69) is 122 Å². The number of nitrogens with zero attached hydrogens (tertiary/aromatic N) is 4. The molecule has 0 spiro atoms. The van der Waals surface area contributed by atoms with E-state index in [0.29, 0.717) is 11.1 Å². The van der Waals surface area contributed by atoms with E-state index in [1.807, 2.05) is 0 Å². The molecule has 48 heavy (non-hydrogen) atoms. The summed E-state index contributed by atoms with van der Waals surface area (Å²) in [5, 5.41) is 0. The molecule has 0 bridgehead atoms. The van der Waals surface area contributed by atoms with Crippen LogP contribution in [-0.4, -0.2) is 121 Å².